The molecule has 1 aromatic heterocycles. The van der Waals surface area contributed by atoms with Gasteiger partial charge in [0.15, 0.2) is 0 Å². The number of benzene rings is 1. The van der Waals surface area contributed by atoms with Crippen molar-refractivity contribution < 1.29 is 0 Å². The number of imidazole rings is 1. The van der Waals surface area contributed by atoms with E-state index in [4.69, 9.17) is 4.98 Å². The van der Waals surface area contributed by atoms with Crippen LogP contribution in [0.3, 0.4) is 0 Å². The van der Waals surface area contributed by atoms with Crippen LogP contribution in [0.5, 0.6) is 0 Å². The van der Waals surface area contributed by atoms with Crippen molar-refractivity contribution in [1.29, 1.82) is 0 Å². The molecule has 0 N–H and O–H groups in total. The highest BCUT2D eigenvalue weighted by atomic mass is 15.1. The minimum atomic E-state index is 0.601. The zero-order valence-corrected chi connectivity index (χ0v) is 13.7. The van der Waals surface area contributed by atoms with E-state index in [1.807, 2.05) is 0 Å². The van der Waals surface area contributed by atoms with Crippen LogP contribution >= 0.6 is 0 Å². The van der Waals surface area contributed by atoms with Crippen molar-refractivity contribution in [3.63, 3.8) is 0 Å². The molecule has 0 amide bonds. The van der Waals surface area contributed by atoms with Gasteiger partial charge in [-0.3, -0.25) is 0 Å². The summed E-state index contributed by atoms with van der Waals surface area (Å²) in [6.45, 7) is 7.85. The second-order valence-corrected chi connectivity index (χ2v) is 5.82. The van der Waals surface area contributed by atoms with E-state index in [2.05, 4.69) is 61.9 Å². The lowest BCUT2D eigenvalue weighted by Gasteiger charge is -2.16. The van der Waals surface area contributed by atoms with Crippen molar-refractivity contribution in [2.45, 2.75) is 65.3 Å². The summed E-state index contributed by atoms with van der Waals surface area (Å²) in [6.07, 6.45) is 8.33. The Morgan fingerprint density at radius 3 is 2.19 bits per heavy atom. The fourth-order valence-electron chi connectivity index (χ4n) is 3.02. The molecule has 21 heavy (non-hydrogen) atoms. The summed E-state index contributed by atoms with van der Waals surface area (Å²) in [7, 11) is 0. The topological polar surface area (TPSA) is 17.8 Å². The number of rotatable bonds is 8. The molecule has 1 aromatic carbocycles. The maximum atomic E-state index is 5.00. The molecule has 114 valence electrons. The van der Waals surface area contributed by atoms with Crippen molar-refractivity contribution in [2.24, 2.45) is 0 Å². The molecule has 0 radical (unpaired) electrons. The molecule has 2 nitrogen and oxygen atoms in total. The third-order valence-corrected chi connectivity index (χ3v) is 3.98. The molecule has 2 heteroatoms. The SMILES string of the molecule is CCCC(CCC)c1nc(-c2ccccc2)cn1CCC. The Balaban J connectivity index is 2.36. The summed E-state index contributed by atoms with van der Waals surface area (Å²) in [5.74, 6) is 1.89. The largest absolute Gasteiger partial charge is 0.334 e. The first-order valence-electron chi connectivity index (χ1n) is 8.42. The van der Waals surface area contributed by atoms with Crippen LogP contribution in [0.15, 0.2) is 36.5 Å². The highest BCUT2D eigenvalue weighted by Crippen LogP contribution is 2.29. The molecule has 0 spiro atoms. The maximum absolute atomic E-state index is 5.00. The lowest BCUT2D eigenvalue weighted by atomic mass is 9.97. The number of aromatic nitrogens is 2. The predicted octanol–water partition coefficient (Wildman–Crippen LogP) is 5.64. The lowest BCUT2D eigenvalue weighted by molar-refractivity contribution is 0.499. The van der Waals surface area contributed by atoms with Gasteiger partial charge in [0.25, 0.3) is 0 Å². The summed E-state index contributed by atoms with van der Waals surface area (Å²) in [6, 6.07) is 10.5. The van der Waals surface area contributed by atoms with Crippen molar-refractivity contribution in [3.8, 4) is 11.3 Å². The molecule has 1 heterocycles. The van der Waals surface area contributed by atoms with Crippen LogP contribution in [0.25, 0.3) is 11.3 Å². The van der Waals surface area contributed by atoms with E-state index in [0.717, 1.165) is 18.7 Å². The number of aryl methyl sites for hydroxylation is 1. The number of hydrogen-bond donors (Lipinski definition) is 0. The van der Waals surface area contributed by atoms with Gasteiger partial charge in [-0.15, -0.1) is 0 Å². The van der Waals surface area contributed by atoms with Gasteiger partial charge in [0.1, 0.15) is 5.82 Å². The fourth-order valence-corrected chi connectivity index (χ4v) is 3.02. The summed E-state index contributed by atoms with van der Waals surface area (Å²) < 4.78 is 2.39. The summed E-state index contributed by atoms with van der Waals surface area (Å²) in [5, 5.41) is 0. The van der Waals surface area contributed by atoms with E-state index in [1.165, 1.54) is 37.1 Å². The number of hydrogen-bond acceptors (Lipinski definition) is 1. The molecule has 0 fully saturated rings. The molecule has 0 aliphatic carbocycles. The first kappa shape index (κ1) is 15.8. The minimum absolute atomic E-state index is 0.601. The molecule has 2 rings (SSSR count). The fraction of sp³-hybridized carbons (Fsp3) is 0.526. The predicted molar refractivity (Wildman–Crippen MR) is 90.5 cm³/mol. The Bertz CT molecular complexity index is 522. The standard InChI is InChI=1S/C19H28N2/c1-4-10-17(11-5-2)19-20-18(15-21(19)14-6-3)16-12-8-7-9-13-16/h7-9,12-13,15,17H,4-6,10-11,14H2,1-3H3. The van der Waals surface area contributed by atoms with E-state index in [-0.39, 0.29) is 0 Å². The van der Waals surface area contributed by atoms with E-state index in [1.54, 1.807) is 0 Å². The zero-order valence-electron chi connectivity index (χ0n) is 13.7. The van der Waals surface area contributed by atoms with Gasteiger partial charge in [0.2, 0.25) is 0 Å². The third kappa shape index (κ3) is 3.96. The molecule has 0 aliphatic heterocycles. The second-order valence-electron chi connectivity index (χ2n) is 5.82. The molecule has 0 aliphatic rings. The van der Waals surface area contributed by atoms with Gasteiger partial charge in [-0.25, -0.2) is 4.98 Å². The molecular weight excluding hydrogens is 256 g/mol. The smallest absolute Gasteiger partial charge is 0.112 e. The van der Waals surface area contributed by atoms with Crippen molar-refractivity contribution in [1.82, 2.24) is 9.55 Å². The Hall–Kier alpha value is -1.57. The normalized spacial score (nSPS) is 11.2. The summed E-state index contributed by atoms with van der Waals surface area (Å²) >= 11 is 0. The average molecular weight is 284 g/mol. The van der Waals surface area contributed by atoms with Gasteiger partial charge >= 0.3 is 0 Å². The summed E-state index contributed by atoms with van der Waals surface area (Å²) in [4.78, 5) is 5.00. The highest BCUT2D eigenvalue weighted by molar-refractivity contribution is 5.58. The van der Waals surface area contributed by atoms with Gasteiger partial charge in [-0.1, -0.05) is 63.9 Å². The lowest BCUT2D eigenvalue weighted by Crippen LogP contribution is -2.09. The zero-order chi connectivity index (χ0) is 15.1. The van der Waals surface area contributed by atoms with Crippen LogP contribution in [0.2, 0.25) is 0 Å². The van der Waals surface area contributed by atoms with Crippen LogP contribution in [-0.2, 0) is 6.54 Å². The third-order valence-electron chi connectivity index (χ3n) is 3.98. The molecule has 0 unspecified atom stereocenters. The Labute approximate surface area is 129 Å². The number of nitrogens with zero attached hydrogens (tertiary/aromatic N) is 2. The quantitative estimate of drug-likeness (QED) is 0.613. The average Bonchev–Trinajstić information content (AvgIpc) is 2.92. The van der Waals surface area contributed by atoms with Crippen LogP contribution < -0.4 is 0 Å². The Morgan fingerprint density at radius 2 is 1.62 bits per heavy atom. The van der Waals surface area contributed by atoms with Crippen molar-refractivity contribution >= 4 is 0 Å². The maximum Gasteiger partial charge on any atom is 0.112 e. The minimum Gasteiger partial charge on any atom is -0.334 e. The van der Waals surface area contributed by atoms with Crippen LogP contribution in [0, 0.1) is 0 Å². The molecule has 0 bridgehead atoms. The first-order valence-corrected chi connectivity index (χ1v) is 8.42. The Morgan fingerprint density at radius 1 is 0.952 bits per heavy atom. The van der Waals surface area contributed by atoms with Crippen LogP contribution in [0.1, 0.15) is 64.6 Å². The molecule has 2 aromatic rings. The van der Waals surface area contributed by atoms with E-state index < -0.39 is 0 Å². The van der Waals surface area contributed by atoms with Crippen LogP contribution in [-0.4, -0.2) is 9.55 Å². The van der Waals surface area contributed by atoms with Gasteiger partial charge in [-0.2, -0.15) is 0 Å². The van der Waals surface area contributed by atoms with Crippen LogP contribution in [0.4, 0.5) is 0 Å². The second kappa shape index (κ2) is 8.02. The molecule has 0 atom stereocenters. The molecule has 0 saturated carbocycles. The van der Waals surface area contributed by atoms with Crippen molar-refractivity contribution in [3.05, 3.63) is 42.4 Å². The molecule has 0 saturated heterocycles. The van der Waals surface area contributed by atoms with Gasteiger partial charge in [-0.05, 0) is 19.3 Å². The first-order chi connectivity index (χ1) is 10.3. The van der Waals surface area contributed by atoms with Gasteiger partial charge in [0, 0.05) is 24.2 Å². The monoisotopic (exact) mass is 284 g/mol. The van der Waals surface area contributed by atoms with Gasteiger partial charge < -0.3 is 4.57 Å². The van der Waals surface area contributed by atoms with Crippen molar-refractivity contribution in [2.75, 3.05) is 0 Å². The molecular formula is C19H28N2. The summed E-state index contributed by atoms with van der Waals surface area (Å²) in [5.41, 5.74) is 2.34. The Kier molecular flexibility index (Phi) is 6.04. The van der Waals surface area contributed by atoms with E-state index in [0.29, 0.717) is 5.92 Å². The van der Waals surface area contributed by atoms with E-state index >= 15 is 0 Å². The van der Waals surface area contributed by atoms with E-state index in [9.17, 15) is 0 Å². The van der Waals surface area contributed by atoms with Gasteiger partial charge in [0.05, 0.1) is 5.69 Å². The highest BCUT2D eigenvalue weighted by Gasteiger charge is 2.18.